The van der Waals surface area contributed by atoms with Gasteiger partial charge in [-0.25, -0.2) is 4.79 Å². The first-order chi connectivity index (χ1) is 11.4. The number of H-pyrrole nitrogens is 1. The van der Waals surface area contributed by atoms with Crippen LogP contribution in [-0.4, -0.2) is 52.3 Å². The van der Waals surface area contributed by atoms with Gasteiger partial charge in [-0.15, -0.1) is 0 Å². The van der Waals surface area contributed by atoms with E-state index in [-0.39, 0.29) is 19.6 Å². The molecule has 0 aromatic carbocycles. The van der Waals surface area contributed by atoms with Crippen LogP contribution in [0.3, 0.4) is 0 Å². The molecule has 0 aliphatic heterocycles. The first kappa shape index (κ1) is 20.3. The summed E-state index contributed by atoms with van der Waals surface area (Å²) in [4.78, 5) is 36.8. The second-order valence-electron chi connectivity index (χ2n) is 5.13. The number of aromatic nitrogens is 2. The van der Waals surface area contributed by atoms with E-state index in [4.69, 9.17) is 18.0 Å². The van der Waals surface area contributed by atoms with Crippen LogP contribution in [0.15, 0.2) is 15.8 Å². The number of hydrogen-bond donors (Lipinski definition) is 1. The quantitative estimate of drug-likeness (QED) is 0.357. The number of hydrogen-bond acceptors (Lipinski definition) is 7. The van der Waals surface area contributed by atoms with Crippen molar-refractivity contribution in [3.63, 3.8) is 0 Å². The standard InChI is InChI=1S/C14H24N2O7Si/c1-11-10-16(14(19)15-13(11)18)7-6-12(17)23-8-5-9-24(20-2,21-3)22-4/h10H,5-9H2,1-4H3,(H,15,18,19). The van der Waals surface area contributed by atoms with Crippen molar-refractivity contribution in [2.24, 2.45) is 0 Å². The lowest BCUT2D eigenvalue weighted by molar-refractivity contribution is -0.144. The van der Waals surface area contributed by atoms with Crippen LogP contribution in [0.25, 0.3) is 0 Å². The highest BCUT2D eigenvalue weighted by molar-refractivity contribution is 6.60. The molecule has 136 valence electrons. The summed E-state index contributed by atoms with van der Waals surface area (Å²) < 4.78 is 22.2. The highest BCUT2D eigenvalue weighted by Crippen LogP contribution is 2.14. The van der Waals surface area contributed by atoms with Crippen LogP contribution in [0.4, 0.5) is 0 Å². The summed E-state index contributed by atoms with van der Waals surface area (Å²) in [6, 6.07) is 0.530. The van der Waals surface area contributed by atoms with Crippen molar-refractivity contribution in [3.8, 4) is 0 Å². The molecule has 0 spiro atoms. The van der Waals surface area contributed by atoms with Crippen LogP contribution in [0.5, 0.6) is 0 Å². The van der Waals surface area contributed by atoms with Crippen LogP contribution in [0, 0.1) is 6.92 Å². The summed E-state index contributed by atoms with van der Waals surface area (Å²) in [5, 5.41) is 0. The fourth-order valence-corrected chi connectivity index (χ4v) is 3.79. The molecule has 1 heterocycles. The molecule has 0 aliphatic rings. The zero-order valence-corrected chi connectivity index (χ0v) is 15.4. The van der Waals surface area contributed by atoms with E-state index >= 15 is 0 Å². The first-order valence-electron chi connectivity index (χ1n) is 7.49. The second-order valence-corrected chi connectivity index (χ2v) is 8.22. The number of carbonyl (C=O) groups is 1. The molecule has 0 unspecified atom stereocenters. The highest BCUT2D eigenvalue weighted by Gasteiger charge is 2.36. The van der Waals surface area contributed by atoms with E-state index in [1.807, 2.05) is 0 Å². The molecule has 10 heteroatoms. The summed E-state index contributed by atoms with van der Waals surface area (Å²) in [5.74, 6) is -0.426. The van der Waals surface area contributed by atoms with Gasteiger partial charge in [-0.1, -0.05) is 0 Å². The Morgan fingerprint density at radius 3 is 2.42 bits per heavy atom. The van der Waals surface area contributed by atoms with Gasteiger partial charge in [0.05, 0.1) is 13.0 Å². The third kappa shape index (κ3) is 5.71. The first-order valence-corrected chi connectivity index (χ1v) is 9.42. The molecular weight excluding hydrogens is 336 g/mol. The number of rotatable bonds is 10. The molecule has 0 saturated carbocycles. The molecule has 24 heavy (non-hydrogen) atoms. The fourth-order valence-electron chi connectivity index (χ4n) is 2.10. The summed E-state index contributed by atoms with van der Waals surface area (Å²) in [7, 11) is 1.92. The number of carbonyl (C=O) groups excluding carboxylic acids is 1. The van der Waals surface area contributed by atoms with Gasteiger partial charge >= 0.3 is 20.5 Å². The van der Waals surface area contributed by atoms with Crippen molar-refractivity contribution in [3.05, 3.63) is 32.6 Å². The number of aromatic amines is 1. The average Bonchev–Trinajstić information content (AvgIpc) is 2.58. The third-order valence-corrected chi connectivity index (χ3v) is 6.40. The zero-order valence-electron chi connectivity index (χ0n) is 14.4. The maximum absolute atomic E-state index is 11.7. The van der Waals surface area contributed by atoms with E-state index < -0.39 is 26.0 Å². The van der Waals surface area contributed by atoms with Crippen molar-refractivity contribution in [2.45, 2.75) is 32.4 Å². The smallest absolute Gasteiger partial charge is 0.466 e. The van der Waals surface area contributed by atoms with Crippen molar-refractivity contribution >= 4 is 14.8 Å². The molecule has 0 aliphatic carbocycles. The van der Waals surface area contributed by atoms with Gasteiger partial charge in [0.2, 0.25) is 0 Å². The molecule has 1 N–H and O–H groups in total. The largest absolute Gasteiger partial charge is 0.500 e. The van der Waals surface area contributed by atoms with Crippen LogP contribution in [0.2, 0.25) is 6.04 Å². The topological polar surface area (TPSA) is 109 Å². The molecule has 1 aromatic heterocycles. The number of nitrogens with one attached hydrogen (secondary N) is 1. The number of aryl methyl sites for hydroxylation is 2. The normalized spacial score (nSPS) is 11.5. The van der Waals surface area contributed by atoms with Crippen LogP contribution < -0.4 is 11.2 Å². The van der Waals surface area contributed by atoms with Gasteiger partial charge in [-0.3, -0.25) is 19.1 Å². The molecule has 0 radical (unpaired) electrons. The molecule has 0 bridgehead atoms. The molecule has 0 fully saturated rings. The molecule has 0 amide bonds. The summed E-state index contributed by atoms with van der Waals surface area (Å²) >= 11 is 0. The maximum atomic E-state index is 11.7. The SMILES string of the molecule is CO[Si](CCCOC(=O)CCn1cc(C)c(=O)[nH]c1=O)(OC)OC. The Kier molecular flexibility index (Phi) is 8.05. The predicted octanol–water partition coefficient (Wildman–Crippen LogP) is 0.0465. The molecule has 9 nitrogen and oxygen atoms in total. The minimum atomic E-state index is -2.65. The average molecular weight is 360 g/mol. The van der Waals surface area contributed by atoms with Gasteiger partial charge in [0.15, 0.2) is 0 Å². The number of ether oxygens (including phenoxy) is 1. The Labute approximate surface area is 140 Å². The van der Waals surface area contributed by atoms with Crippen molar-refractivity contribution in [1.82, 2.24) is 9.55 Å². The van der Waals surface area contributed by atoms with E-state index in [1.165, 1.54) is 32.1 Å². The molecule has 1 aromatic rings. The fraction of sp³-hybridized carbons (Fsp3) is 0.643. The second kappa shape index (κ2) is 9.52. The van der Waals surface area contributed by atoms with Crippen molar-refractivity contribution < 1.29 is 22.8 Å². The van der Waals surface area contributed by atoms with Gasteiger partial charge in [0, 0.05) is 45.7 Å². The van der Waals surface area contributed by atoms with Gasteiger partial charge in [-0.05, 0) is 13.3 Å². The third-order valence-electron chi connectivity index (χ3n) is 3.57. The van der Waals surface area contributed by atoms with Crippen molar-refractivity contribution in [2.75, 3.05) is 27.9 Å². The van der Waals surface area contributed by atoms with Gasteiger partial charge in [-0.2, -0.15) is 0 Å². The summed E-state index contributed by atoms with van der Waals surface area (Å²) in [6.07, 6.45) is 2.00. The Morgan fingerprint density at radius 1 is 1.21 bits per heavy atom. The summed E-state index contributed by atoms with van der Waals surface area (Å²) in [5.41, 5.74) is -0.571. The molecule has 0 saturated heterocycles. The van der Waals surface area contributed by atoms with Gasteiger partial charge in [0.25, 0.3) is 5.56 Å². The zero-order chi connectivity index (χ0) is 18.2. The van der Waals surface area contributed by atoms with E-state index in [0.29, 0.717) is 18.0 Å². The van der Waals surface area contributed by atoms with Gasteiger partial charge < -0.3 is 18.0 Å². The molecule has 0 atom stereocenters. The minimum absolute atomic E-state index is 0.0345. The lowest BCUT2D eigenvalue weighted by Crippen LogP contribution is -2.42. The Morgan fingerprint density at radius 2 is 1.83 bits per heavy atom. The maximum Gasteiger partial charge on any atom is 0.500 e. The van der Waals surface area contributed by atoms with E-state index in [9.17, 15) is 14.4 Å². The lowest BCUT2D eigenvalue weighted by atomic mass is 10.3. The predicted molar refractivity (Wildman–Crippen MR) is 87.8 cm³/mol. The van der Waals surface area contributed by atoms with Gasteiger partial charge in [0.1, 0.15) is 0 Å². The monoisotopic (exact) mass is 360 g/mol. The Balaban J connectivity index is 2.39. The highest BCUT2D eigenvalue weighted by atomic mass is 28.4. The van der Waals surface area contributed by atoms with Crippen LogP contribution in [-0.2, 0) is 29.4 Å². The van der Waals surface area contributed by atoms with E-state index in [2.05, 4.69) is 4.98 Å². The lowest BCUT2D eigenvalue weighted by Gasteiger charge is -2.24. The summed E-state index contributed by atoms with van der Waals surface area (Å²) in [6.45, 7) is 1.94. The number of nitrogens with zero attached hydrogens (tertiary/aromatic N) is 1. The number of esters is 1. The van der Waals surface area contributed by atoms with E-state index in [1.54, 1.807) is 6.92 Å². The Hall–Kier alpha value is -1.75. The molecular formula is C14H24N2O7Si. The van der Waals surface area contributed by atoms with Crippen LogP contribution in [0.1, 0.15) is 18.4 Å². The minimum Gasteiger partial charge on any atom is -0.466 e. The van der Waals surface area contributed by atoms with Crippen molar-refractivity contribution in [1.29, 1.82) is 0 Å². The molecule has 1 rings (SSSR count). The Bertz CT molecular complexity index is 643. The van der Waals surface area contributed by atoms with Crippen LogP contribution >= 0.6 is 0 Å². The van der Waals surface area contributed by atoms with E-state index in [0.717, 1.165) is 0 Å².